The highest BCUT2D eigenvalue weighted by atomic mass is 16.1. The van der Waals surface area contributed by atoms with Gasteiger partial charge >= 0.3 is 0 Å². The summed E-state index contributed by atoms with van der Waals surface area (Å²) >= 11 is 0. The molecule has 2 aromatic heterocycles. The van der Waals surface area contributed by atoms with Gasteiger partial charge in [-0.15, -0.1) is 0 Å². The third-order valence-electron chi connectivity index (χ3n) is 8.29. The molecule has 0 radical (unpaired) electrons. The monoisotopic (exact) mass is 493 g/mol. The number of imidazole rings is 1. The molecule has 6 heteroatoms. The summed E-state index contributed by atoms with van der Waals surface area (Å²) < 4.78 is 2.28. The van der Waals surface area contributed by atoms with Gasteiger partial charge in [-0.2, -0.15) is 0 Å². The van der Waals surface area contributed by atoms with Gasteiger partial charge in [0.1, 0.15) is 5.82 Å². The molecule has 1 saturated carbocycles. The maximum absolute atomic E-state index is 13.0. The fourth-order valence-corrected chi connectivity index (χ4v) is 6.14. The lowest BCUT2D eigenvalue weighted by molar-refractivity contribution is 0.0921. The molecule has 0 spiro atoms. The highest BCUT2D eigenvalue weighted by molar-refractivity contribution is 6.06. The zero-order chi connectivity index (χ0) is 25.2. The molecule has 1 N–H and O–H groups in total. The average molecular weight is 494 g/mol. The van der Waals surface area contributed by atoms with Crippen molar-refractivity contribution in [2.24, 2.45) is 13.0 Å². The second kappa shape index (κ2) is 10.5. The Morgan fingerprint density at radius 2 is 1.84 bits per heavy atom. The number of carbonyl (C=O) groups is 1. The van der Waals surface area contributed by atoms with Crippen LogP contribution in [0.2, 0.25) is 0 Å². The summed E-state index contributed by atoms with van der Waals surface area (Å²) in [6.45, 7) is 3.18. The minimum Gasteiger partial charge on any atom is -0.349 e. The van der Waals surface area contributed by atoms with Crippen molar-refractivity contribution in [2.75, 3.05) is 13.1 Å². The van der Waals surface area contributed by atoms with Crippen LogP contribution in [0.4, 0.5) is 0 Å². The Morgan fingerprint density at radius 3 is 2.68 bits per heavy atom. The second-order valence-electron chi connectivity index (χ2n) is 10.6. The number of nitrogens with zero attached hydrogens (tertiary/aromatic N) is 4. The van der Waals surface area contributed by atoms with E-state index in [0.717, 1.165) is 67.1 Å². The van der Waals surface area contributed by atoms with Gasteiger partial charge in [0.2, 0.25) is 0 Å². The van der Waals surface area contributed by atoms with Crippen molar-refractivity contribution in [2.45, 2.75) is 51.1 Å². The molecule has 1 fully saturated rings. The quantitative estimate of drug-likeness (QED) is 0.392. The molecule has 3 heterocycles. The molecule has 2 aliphatic rings. The van der Waals surface area contributed by atoms with E-state index in [1.54, 1.807) is 6.20 Å². The Morgan fingerprint density at radius 1 is 1.00 bits per heavy atom. The Balaban J connectivity index is 0.995. The fraction of sp³-hybridized carbons (Fsp3) is 0.387. The first-order valence-electron chi connectivity index (χ1n) is 13.6. The normalized spacial score (nSPS) is 20.0. The molecular formula is C31H35N5O. The number of nitrogens with one attached hydrogen (secondary N) is 1. The van der Waals surface area contributed by atoms with Crippen LogP contribution < -0.4 is 5.32 Å². The summed E-state index contributed by atoms with van der Waals surface area (Å²) in [4.78, 5) is 25.0. The molecule has 0 bridgehead atoms. The van der Waals surface area contributed by atoms with Gasteiger partial charge in [-0.25, -0.2) is 4.98 Å². The summed E-state index contributed by atoms with van der Waals surface area (Å²) in [5, 5.41) is 4.22. The molecule has 37 heavy (non-hydrogen) atoms. The van der Waals surface area contributed by atoms with E-state index in [0.29, 0.717) is 0 Å². The van der Waals surface area contributed by atoms with Crippen molar-refractivity contribution in [1.29, 1.82) is 0 Å². The van der Waals surface area contributed by atoms with Crippen LogP contribution in [0.15, 0.2) is 66.9 Å². The third kappa shape index (κ3) is 5.03. The number of hydrogen-bond acceptors (Lipinski definition) is 4. The molecule has 6 nitrogen and oxygen atoms in total. The minimum absolute atomic E-state index is 0.0244. The zero-order valence-electron chi connectivity index (χ0n) is 21.6. The molecule has 0 saturated heterocycles. The summed E-state index contributed by atoms with van der Waals surface area (Å²) in [5.74, 6) is 1.84. The number of benzene rings is 2. The average Bonchev–Trinajstić information content (AvgIpc) is 3.28. The van der Waals surface area contributed by atoms with Crippen molar-refractivity contribution < 1.29 is 4.79 Å². The van der Waals surface area contributed by atoms with Crippen LogP contribution in [0, 0.1) is 5.92 Å². The van der Waals surface area contributed by atoms with E-state index >= 15 is 0 Å². The Hall–Kier alpha value is -3.51. The summed E-state index contributed by atoms with van der Waals surface area (Å²) in [6, 6.07) is 20.4. The highest BCUT2D eigenvalue weighted by Gasteiger charge is 2.26. The Bertz CT molecular complexity index is 1380. The van der Waals surface area contributed by atoms with E-state index in [2.05, 4.69) is 57.1 Å². The van der Waals surface area contributed by atoms with Gasteiger partial charge in [0, 0.05) is 61.0 Å². The number of rotatable bonds is 6. The number of carbonyl (C=O) groups excluding carboxylic acids is 1. The van der Waals surface area contributed by atoms with E-state index in [1.807, 2.05) is 30.3 Å². The lowest BCUT2D eigenvalue weighted by Gasteiger charge is -2.32. The van der Waals surface area contributed by atoms with E-state index < -0.39 is 0 Å². The van der Waals surface area contributed by atoms with Crippen molar-refractivity contribution in [1.82, 2.24) is 24.8 Å². The predicted octanol–water partition coefficient (Wildman–Crippen LogP) is 5.37. The molecule has 1 aliphatic heterocycles. The van der Waals surface area contributed by atoms with Crippen molar-refractivity contribution in [3.05, 3.63) is 83.8 Å². The molecule has 2 aromatic carbocycles. The smallest absolute Gasteiger partial charge is 0.252 e. The second-order valence-corrected chi connectivity index (χ2v) is 10.6. The van der Waals surface area contributed by atoms with Crippen LogP contribution >= 0.6 is 0 Å². The largest absolute Gasteiger partial charge is 0.349 e. The molecule has 1 aliphatic carbocycles. The first-order valence-corrected chi connectivity index (χ1v) is 13.6. The molecule has 0 atom stereocenters. The van der Waals surface area contributed by atoms with Crippen LogP contribution in [-0.2, 0) is 20.0 Å². The van der Waals surface area contributed by atoms with E-state index in [1.165, 1.54) is 36.2 Å². The molecule has 1 amide bonds. The van der Waals surface area contributed by atoms with E-state index in [-0.39, 0.29) is 11.9 Å². The SMILES string of the molecule is Cn1c(-c2ccccc2)nc2c1CCN(CCC1CCC(NC(=O)c3cccc4ncccc34)CC1)C2. The molecule has 0 unspecified atom stereocenters. The topological polar surface area (TPSA) is 63.1 Å². The van der Waals surface area contributed by atoms with Crippen molar-refractivity contribution in [3.63, 3.8) is 0 Å². The lowest BCUT2D eigenvalue weighted by Crippen LogP contribution is -2.38. The fourth-order valence-electron chi connectivity index (χ4n) is 6.14. The van der Waals surface area contributed by atoms with Gasteiger partial charge in [-0.05, 0) is 62.8 Å². The number of amides is 1. The standard InChI is InChI=1S/C31H35N5O/c1-35-29-17-20-36(21-28(29)34-30(35)23-7-3-2-4-8-23)19-16-22-12-14-24(15-13-22)33-31(37)26-9-5-11-27-25(26)10-6-18-32-27/h2-11,18,22,24H,12-17,19-21H2,1H3,(H,33,37). The molecule has 4 aromatic rings. The molecule has 190 valence electrons. The minimum atomic E-state index is 0.0244. The number of pyridine rings is 1. The predicted molar refractivity (Wildman–Crippen MR) is 147 cm³/mol. The maximum Gasteiger partial charge on any atom is 0.252 e. The lowest BCUT2D eigenvalue weighted by atomic mass is 9.84. The number of aromatic nitrogens is 3. The van der Waals surface area contributed by atoms with Crippen molar-refractivity contribution in [3.8, 4) is 11.4 Å². The van der Waals surface area contributed by atoms with Crippen LogP contribution in [0.3, 0.4) is 0 Å². The summed E-state index contributed by atoms with van der Waals surface area (Å²) in [6.07, 6.45) is 8.55. The van der Waals surface area contributed by atoms with Gasteiger partial charge in [0.25, 0.3) is 5.91 Å². The highest BCUT2D eigenvalue weighted by Crippen LogP contribution is 2.30. The van der Waals surface area contributed by atoms with Crippen LogP contribution in [0.25, 0.3) is 22.3 Å². The first kappa shape index (κ1) is 23.9. The molecular weight excluding hydrogens is 458 g/mol. The van der Waals surface area contributed by atoms with Gasteiger partial charge in [0.05, 0.1) is 11.2 Å². The molecule has 6 rings (SSSR count). The Labute approximate surface area is 218 Å². The summed E-state index contributed by atoms with van der Waals surface area (Å²) in [7, 11) is 2.15. The van der Waals surface area contributed by atoms with Gasteiger partial charge in [-0.3, -0.25) is 14.7 Å². The third-order valence-corrected chi connectivity index (χ3v) is 8.29. The van der Waals surface area contributed by atoms with Gasteiger partial charge in [0.15, 0.2) is 0 Å². The van der Waals surface area contributed by atoms with Crippen molar-refractivity contribution >= 4 is 16.8 Å². The van der Waals surface area contributed by atoms with E-state index in [4.69, 9.17) is 4.98 Å². The van der Waals surface area contributed by atoms with Crippen LogP contribution in [0.1, 0.15) is 53.8 Å². The summed E-state index contributed by atoms with van der Waals surface area (Å²) in [5.41, 5.74) is 5.40. The number of hydrogen-bond donors (Lipinski definition) is 1. The first-order chi connectivity index (χ1) is 18.2. The zero-order valence-corrected chi connectivity index (χ0v) is 21.6. The number of fused-ring (bicyclic) bond motifs is 2. The Kier molecular flexibility index (Phi) is 6.75. The van der Waals surface area contributed by atoms with Gasteiger partial charge in [-0.1, -0.05) is 42.5 Å². The van der Waals surface area contributed by atoms with E-state index in [9.17, 15) is 4.79 Å². The maximum atomic E-state index is 13.0. The van der Waals surface area contributed by atoms with Gasteiger partial charge < -0.3 is 9.88 Å². The van der Waals surface area contributed by atoms with Crippen LogP contribution in [-0.4, -0.2) is 44.5 Å². The van der Waals surface area contributed by atoms with Crippen LogP contribution in [0.5, 0.6) is 0 Å².